The van der Waals surface area contributed by atoms with Crippen LogP contribution >= 0.6 is 0 Å². The molecular formula is C14H16N2O2. The van der Waals surface area contributed by atoms with E-state index in [1.165, 1.54) is 6.07 Å². The van der Waals surface area contributed by atoms with Gasteiger partial charge in [0, 0.05) is 49.4 Å². The Morgan fingerprint density at radius 1 is 1.22 bits per heavy atom. The van der Waals surface area contributed by atoms with Crippen LogP contribution in [0.3, 0.4) is 0 Å². The van der Waals surface area contributed by atoms with Crippen LogP contribution in [0.5, 0.6) is 0 Å². The van der Waals surface area contributed by atoms with Crippen molar-refractivity contribution in [2.24, 2.45) is 0 Å². The minimum atomic E-state index is -0.280. The third-order valence-electron chi connectivity index (χ3n) is 3.42. The average molecular weight is 244 g/mol. The lowest BCUT2D eigenvalue weighted by Crippen LogP contribution is -2.43. The summed E-state index contributed by atoms with van der Waals surface area (Å²) in [6, 6.07) is 7.63. The van der Waals surface area contributed by atoms with E-state index >= 15 is 0 Å². The minimum Gasteiger partial charge on any atom is -0.423 e. The number of anilines is 1. The van der Waals surface area contributed by atoms with Gasteiger partial charge in [-0.15, -0.1) is 0 Å². The molecule has 0 saturated carbocycles. The molecular weight excluding hydrogens is 228 g/mol. The summed E-state index contributed by atoms with van der Waals surface area (Å²) in [5, 5.41) is 4.33. The zero-order chi connectivity index (χ0) is 12.5. The molecule has 0 amide bonds. The molecule has 2 heterocycles. The third-order valence-corrected chi connectivity index (χ3v) is 3.42. The Bertz CT molecular complexity index is 627. The van der Waals surface area contributed by atoms with Crippen molar-refractivity contribution in [3.05, 3.63) is 40.2 Å². The van der Waals surface area contributed by atoms with E-state index in [1.54, 1.807) is 0 Å². The van der Waals surface area contributed by atoms with E-state index in [9.17, 15) is 4.79 Å². The molecule has 1 aliphatic rings. The highest BCUT2D eigenvalue weighted by Crippen LogP contribution is 2.23. The Hall–Kier alpha value is -1.81. The van der Waals surface area contributed by atoms with Crippen LogP contribution in [-0.4, -0.2) is 26.2 Å². The monoisotopic (exact) mass is 244 g/mol. The van der Waals surface area contributed by atoms with Crippen LogP contribution < -0.4 is 15.8 Å². The summed E-state index contributed by atoms with van der Waals surface area (Å²) in [7, 11) is 0. The summed E-state index contributed by atoms with van der Waals surface area (Å²) in [5.74, 6) is 0. The summed E-state index contributed by atoms with van der Waals surface area (Å²) < 4.78 is 5.28. The molecule has 0 bridgehead atoms. The number of rotatable bonds is 1. The summed E-state index contributed by atoms with van der Waals surface area (Å²) in [4.78, 5) is 13.7. The van der Waals surface area contributed by atoms with Crippen LogP contribution in [0.25, 0.3) is 11.0 Å². The Labute approximate surface area is 105 Å². The number of hydrogen-bond acceptors (Lipinski definition) is 4. The maximum absolute atomic E-state index is 11.4. The fraction of sp³-hybridized carbons (Fsp3) is 0.357. The summed E-state index contributed by atoms with van der Waals surface area (Å²) in [6.45, 7) is 5.90. The molecule has 0 radical (unpaired) electrons. The smallest absolute Gasteiger partial charge is 0.336 e. The van der Waals surface area contributed by atoms with Gasteiger partial charge in [-0.25, -0.2) is 4.79 Å². The van der Waals surface area contributed by atoms with Gasteiger partial charge >= 0.3 is 5.63 Å². The average Bonchev–Trinajstić information content (AvgIpc) is 2.39. The lowest BCUT2D eigenvalue weighted by Gasteiger charge is -2.29. The molecule has 1 saturated heterocycles. The first-order chi connectivity index (χ1) is 8.74. The second kappa shape index (κ2) is 4.46. The molecule has 1 aromatic heterocycles. The van der Waals surface area contributed by atoms with E-state index < -0.39 is 0 Å². The first-order valence-corrected chi connectivity index (χ1v) is 6.24. The highest BCUT2D eigenvalue weighted by molar-refractivity contribution is 5.83. The Morgan fingerprint density at radius 2 is 2.00 bits per heavy atom. The van der Waals surface area contributed by atoms with Gasteiger partial charge in [0.2, 0.25) is 0 Å². The summed E-state index contributed by atoms with van der Waals surface area (Å²) in [5.41, 5.74) is 2.49. The summed E-state index contributed by atoms with van der Waals surface area (Å²) in [6.07, 6.45) is 0. The number of fused-ring (bicyclic) bond motifs is 1. The van der Waals surface area contributed by atoms with E-state index in [1.807, 2.05) is 19.1 Å². The van der Waals surface area contributed by atoms with Gasteiger partial charge in [0.05, 0.1) is 0 Å². The normalized spacial score (nSPS) is 16.2. The predicted octanol–water partition coefficient (Wildman–Crippen LogP) is 1.51. The van der Waals surface area contributed by atoms with Gasteiger partial charge in [-0.2, -0.15) is 0 Å². The first-order valence-electron chi connectivity index (χ1n) is 6.24. The van der Waals surface area contributed by atoms with E-state index in [-0.39, 0.29) is 5.63 Å². The quantitative estimate of drug-likeness (QED) is 0.772. The summed E-state index contributed by atoms with van der Waals surface area (Å²) >= 11 is 0. The second-order valence-electron chi connectivity index (χ2n) is 4.67. The molecule has 2 aromatic rings. The SMILES string of the molecule is Cc1cc(=O)oc2cc(N3CCNCC3)ccc12. The molecule has 18 heavy (non-hydrogen) atoms. The van der Waals surface area contributed by atoms with Gasteiger partial charge in [-0.3, -0.25) is 0 Å². The molecule has 0 atom stereocenters. The van der Waals surface area contributed by atoms with Gasteiger partial charge in [0.1, 0.15) is 5.58 Å². The van der Waals surface area contributed by atoms with Gasteiger partial charge in [-0.05, 0) is 24.6 Å². The van der Waals surface area contributed by atoms with E-state index in [2.05, 4.69) is 16.3 Å². The van der Waals surface area contributed by atoms with E-state index in [0.29, 0.717) is 5.58 Å². The first kappa shape index (κ1) is 11.3. The number of benzene rings is 1. The highest BCUT2D eigenvalue weighted by Gasteiger charge is 2.11. The zero-order valence-corrected chi connectivity index (χ0v) is 10.4. The van der Waals surface area contributed by atoms with Crippen LogP contribution in [0.2, 0.25) is 0 Å². The predicted molar refractivity (Wildman–Crippen MR) is 72.3 cm³/mol. The van der Waals surface area contributed by atoms with Crippen molar-refractivity contribution in [1.82, 2.24) is 5.32 Å². The van der Waals surface area contributed by atoms with Crippen LogP contribution in [0.4, 0.5) is 5.69 Å². The fourth-order valence-electron chi connectivity index (χ4n) is 2.43. The van der Waals surface area contributed by atoms with Crippen LogP contribution in [-0.2, 0) is 0 Å². The van der Waals surface area contributed by atoms with Gasteiger partial charge in [0.15, 0.2) is 0 Å². The Kier molecular flexibility index (Phi) is 2.80. The molecule has 0 spiro atoms. The molecule has 94 valence electrons. The van der Waals surface area contributed by atoms with E-state index in [4.69, 9.17) is 4.42 Å². The maximum atomic E-state index is 11.4. The number of nitrogens with zero attached hydrogens (tertiary/aromatic N) is 1. The molecule has 4 nitrogen and oxygen atoms in total. The maximum Gasteiger partial charge on any atom is 0.336 e. The van der Waals surface area contributed by atoms with Gasteiger partial charge < -0.3 is 14.6 Å². The Morgan fingerprint density at radius 3 is 2.78 bits per heavy atom. The van der Waals surface area contributed by atoms with Crippen LogP contribution in [0.1, 0.15) is 5.56 Å². The minimum absolute atomic E-state index is 0.280. The zero-order valence-electron chi connectivity index (χ0n) is 10.4. The largest absolute Gasteiger partial charge is 0.423 e. The molecule has 1 aromatic carbocycles. The second-order valence-corrected chi connectivity index (χ2v) is 4.67. The van der Waals surface area contributed by atoms with Crippen molar-refractivity contribution < 1.29 is 4.42 Å². The van der Waals surface area contributed by atoms with Crippen LogP contribution in [0, 0.1) is 6.92 Å². The van der Waals surface area contributed by atoms with Crippen molar-refractivity contribution in [2.75, 3.05) is 31.1 Å². The van der Waals surface area contributed by atoms with E-state index in [0.717, 1.165) is 42.8 Å². The molecule has 1 aliphatic heterocycles. The molecule has 1 N–H and O–H groups in total. The lowest BCUT2D eigenvalue weighted by molar-refractivity contribution is 0.558. The number of hydrogen-bond donors (Lipinski definition) is 1. The number of nitrogens with one attached hydrogen (secondary N) is 1. The molecule has 0 unspecified atom stereocenters. The molecule has 3 rings (SSSR count). The Balaban J connectivity index is 2.07. The van der Waals surface area contributed by atoms with Gasteiger partial charge in [-0.1, -0.05) is 0 Å². The van der Waals surface area contributed by atoms with Crippen molar-refractivity contribution in [2.45, 2.75) is 6.92 Å². The topological polar surface area (TPSA) is 45.5 Å². The van der Waals surface area contributed by atoms with Crippen molar-refractivity contribution in [1.29, 1.82) is 0 Å². The van der Waals surface area contributed by atoms with Gasteiger partial charge in [0.25, 0.3) is 0 Å². The number of aryl methyl sites for hydroxylation is 1. The van der Waals surface area contributed by atoms with Crippen molar-refractivity contribution in [3.63, 3.8) is 0 Å². The standard InChI is InChI=1S/C14H16N2O2/c1-10-8-14(17)18-13-9-11(2-3-12(10)13)16-6-4-15-5-7-16/h2-3,8-9,15H,4-7H2,1H3. The highest BCUT2D eigenvalue weighted by atomic mass is 16.4. The van der Waals surface area contributed by atoms with Crippen molar-refractivity contribution >= 4 is 16.7 Å². The molecule has 4 heteroatoms. The van der Waals surface area contributed by atoms with Crippen LogP contribution in [0.15, 0.2) is 33.5 Å². The third kappa shape index (κ3) is 1.99. The fourth-order valence-corrected chi connectivity index (χ4v) is 2.43. The van der Waals surface area contributed by atoms with Crippen molar-refractivity contribution in [3.8, 4) is 0 Å². The molecule has 1 fully saturated rings. The lowest BCUT2D eigenvalue weighted by atomic mass is 10.1. The number of piperazine rings is 1. The molecule has 0 aliphatic carbocycles.